The van der Waals surface area contributed by atoms with Gasteiger partial charge in [0, 0.05) is 33.3 Å². The summed E-state index contributed by atoms with van der Waals surface area (Å²) in [5.41, 5.74) is 0.430. The molecule has 0 amide bonds. The number of carbonyl (C=O) groups excluding carboxylic acids is 5. The summed E-state index contributed by atoms with van der Waals surface area (Å²) in [7, 11) is 0. The zero-order valence-corrected chi connectivity index (χ0v) is 18.8. The third-order valence-electron chi connectivity index (χ3n) is 4.58. The number of carbonyl (C=O) groups is 5. The molecule has 1 saturated heterocycles. The summed E-state index contributed by atoms with van der Waals surface area (Å²) in [5, 5.41) is 2.89. The second-order valence-electron chi connectivity index (χ2n) is 7.30. The second-order valence-corrected chi connectivity index (χ2v) is 7.30. The summed E-state index contributed by atoms with van der Waals surface area (Å²) in [6.45, 7) is 4.03. The highest BCUT2D eigenvalue weighted by Gasteiger charge is 2.51. The van der Waals surface area contributed by atoms with Crippen LogP contribution >= 0.6 is 0 Å². The van der Waals surface area contributed by atoms with E-state index < -0.39 is 54.5 Å². The maximum absolute atomic E-state index is 12.6. The molecule has 5 atom stereocenters. The number of ketones is 1. The molecule has 33 heavy (non-hydrogen) atoms. The van der Waals surface area contributed by atoms with Gasteiger partial charge >= 0.3 is 23.9 Å². The van der Waals surface area contributed by atoms with E-state index in [1.807, 2.05) is 0 Å². The Hall–Kier alpha value is -3.31. The predicted molar refractivity (Wildman–Crippen MR) is 111 cm³/mol. The van der Waals surface area contributed by atoms with Crippen LogP contribution in [0.4, 0.5) is 0 Å². The average Bonchev–Trinajstić information content (AvgIpc) is 2.73. The summed E-state index contributed by atoms with van der Waals surface area (Å²) in [5.74, 6) is -3.04. The fourth-order valence-corrected chi connectivity index (χ4v) is 3.32. The Morgan fingerprint density at radius 2 is 1.39 bits per heavy atom. The van der Waals surface area contributed by atoms with Crippen molar-refractivity contribution < 1.29 is 47.7 Å². The summed E-state index contributed by atoms with van der Waals surface area (Å²) >= 11 is 0. The standard InChI is InChI=1S/C22H27NO10/c1-12(24)29-11-18-20(30-13(2)25)21(31-14(3)26)19(22(33-18)32-15(4)27)23-10-17(28)16-8-6-5-7-9-16/h5-9,18-23H,10-11H2,1-4H3/t18?,19-,20+,21?,22?/m0/s1. The SMILES string of the molecule is CC(=O)OCC1OC(OC(C)=O)[C@@H](NCC(=O)c2ccccc2)C(OC(C)=O)[C@@H]1OC(C)=O. The van der Waals surface area contributed by atoms with Crippen LogP contribution in [0, 0.1) is 0 Å². The van der Waals surface area contributed by atoms with Crippen LogP contribution in [0.15, 0.2) is 30.3 Å². The molecule has 11 heteroatoms. The molecular formula is C22H27NO10. The Labute approximate surface area is 190 Å². The molecule has 1 aromatic rings. The number of ether oxygens (including phenoxy) is 5. The molecule has 180 valence electrons. The molecule has 11 nitrogen and oxygen atoms in total. The number of Topliss-reactive ketones (excluding diaryl/α,β-unsaturated/α-hetero) is 1. The number of nitrogens with one attached hydrogen (secondary N) is 1. The zero-order chi connectivity index (χ0) is 24.5. The van der Waals surface area contributed by atoms with Gasteiger partial charge in [0.25, 0.3) is 0 Å². The first-order valence-electron chi connectivity index (χ1n) is 10.2. The third-order valence-corrected chi connectivity index (χ3v) is 4.58. The fraction of sp³-hybridized carbons (Fsp3) is 0.500. The van der Waals surface area contributed by atoms with Crippen molar-refractivity contribution in [3.8, 4) is 0 Å². The molecule has 3 unspecified atom stereocenters. The van der Waals surface area contributed by atoms with Crippen LogP contribution in [0.2, 0.25) is 0 Å². The van der Waals surface area contributed by atoms with Crippen molar-refractivity contribution >= 4 is 29.7 Å². The van der Waals surface area contributed by atoms with Gasteiger partial charge in [-0.1, -0.05) is 30.3 Å². The molecule has 0 bridgehead atoms. The average molecular weight is 465 g/mol. The lowest BCUT2D eigenvalue weighted by Gasteiger charge is -2.44. The van der Waals surface area contributed by atoms with Gasteiger partial charge < -0.3 is 23.7 Å². The number of hydrogen-bond donors (Lipinski definition) is 1. The van der Waals surface area contributed by atoms with E-state index in [-0.39, 0.29) is 18.9 Å². The van der Waals surface area contributed by atoms with E-state index in [4.69, 9.17) is 23.7 Å². The molecule has 0 aliphatic carbocycles. The van der Waals surface area contributed by atoms with Crippen LogP contribution in [0.3, 0.4) is 0 Å². The maximum Gasteiger partial charge on any atom is 0.304 e. The topological polar surface area (TPSA) is 144 Å². The molecule has 0 radical (unpaired) electrons. The zero-order valence-electron chi connectivity index (χ0n) is 18.8. The van der Waals surface area contributed by atoms with Gasteiger partial charge in [0.2, 0.25) is 6.29 Å². The highest BCUT2D eigenvalue weighted by atomic mass is 16.7. The number of rotatable bonds is 9. The smallest absolute Gasteiger partial charge is 0.304 e. The normalized spacial score (nSPS) is 24.3. The van der Waals surface area contributed by atoms with Crippen LogP contribution in [0.25, 0.3) is 0 Å². The van der Waals surface area contributed by atoms with E-state index >= 15 is 0 Å². The number of esters is 4. The van der Waals surface area contributed by atoms with Gasteiger partial charge in [0.05, 0.1) is 6.54 Å². The van der Waals surface area contributed by atoms with Crippen LogP contribution in [-0.4, -0.2) is 73.5 Å². The summed E-state index contributed by atoms with van der Waals surface area (Å²) in [6, 6.07) is 7.35. The summed E-state index contributed by atoms with van der Waals surface area (Å²) < 4.78 is 26.7. The van der Waals surface area contributed by atoms with E-state index in [9.17, 15) is 24.0 Å². The first-order valence-corrected chi connectivity index (χ1v) is 10.2. The first-order chi connectivity index (χ1) is 15.6. The minimum absolute atomic E-state index is 0.227. The highest BCUT2D eigenvalue weighted by molar-refractivity contribution is 5.97. The molecule has 1 heterocycles. The molecule has 0 saturated carbocycles. The van der Waals surface area contributed by atoms with Crippen LogP contribution < -0.4 is 5.32 Å². The number of hydrogen-bond acceptors (Lipinski definition) is 11. The lowest BCUT2D eigenvalue weighted by atomic mass is 9.95. The Morgan fingerprint density at radius 1 is 0.818 bits per heavy atom. The van der Waals surface area contributed by atoms with E-state index in [2.05, 4.69) is 5.32 Å². The monoisotopic (exact) mass is 465 g/mol. The fourth-order valence-electron chi connectivity index (χ4n) is 3.32. The first kappa shape index (κ1) is 25.9. The Kier molecular flexibility index (Phi) is 9.49. The summed E-state index contributed by atoms with van der Waals surface area (Å²) in [4.78, 5) is 59.2. The van der Waals surface area contributed by atoms with E-state index in [0.29, 0.717) is 5.56 Å². The van der Waals surface area contributed by atoms with Crippen LogP contribution in [0.5, 0.6) is 0 Å². The van der Waals surface area contributed by atoms with Gasteiger partial charge in [-0.3, -0.25) is 29.3 Å². The van der Waals surface area contributed by atoms with Gasteiger partial charge in [-0.15, -0.1) is 0 Å². The minimum atomic E-state index is -1.34. The second kappa shape index (κ2) is 12.1. The molecule has 1 aliphatic rings. The van der Waals surface area contributed by atoms with Gasteiger partial charge in [-0.05, 0) is 0 Å². The molecule has 1 aliphatic heterocycles. The minimum Gasteiger partial charge on any atom is -0.463 e. The Morgan fingerprint density at radius 3 is 1.94 bits per heavy atom. The van der Waals surface area contributed by atoms with Crippen molar-refractivity contribution in [2.45, 2.75) is 58.3 Å². The van der Waals surface area contributed by atoms with Gasteiger partial charge in [0.15, 0.2) is 18.0 Å². The molecular weight excluding hydrogens is 438 g/mol. The van der Waals surface area contributed by atoms with Crippen molar-refractivity contribution in [3.63, 3.8) is 0 Å². The maximum atomic E-state index is 12.6. The van der Waals surface area contributed by atoms with E-state index in [1.165, 1.54) is 6.92 Å². The van der Waals surface area contributed by atoms with Crippen molar-refractivity contribution in [1.29, 1.82) is 0 Å². The van der Waals surface area contributed by atoms with Crippen molar-refractivity contribution in [2.75, 3.05) is 13.2 Å². The highest BCUT2D eigenvalue weighted by Crippen LogP contribution is 2.28. The summed E-state index contributed by atoms with van der Waals surface area (Å²) in [6.07, 6.45) is -4.91. The lowest BCUT2D eigenvalue weighted by molar-refractivity contribution is -0.271. The Balaban J connectivity index is 2.35. The number of benzene rings is 1. The molecule has 1 N–H and O–H groups in total. The third kappa shape index (κ3) is 7.95. The molecule has 1 aromatic carbocycles. The molecule has 2 rings (SSSR count). The van der Waals surface area contributed by atoms with Gasteiger partial charge in [0.1, 0.15) is 18.8 Å². The molecule has 1 fully saturated rings. The lowest BCUT2D eigenvalue weighted by Crippen LogP contribution is -2.66. The molecule has 0 aromatic heterocycles. The quantitative estimate of drug-likeness (QED) is 0.310. The van der Waals surface area contributed by atoms with Crippen LogP contribution in [0.1, 0.15) is 38.1 Å². The molecule has 0 spiro atoms. The van der Waals surface area contributed by atoms with E-state index in [1.54, 1.807) is 30.3 Å². The predicted octanol–water partition coefficient (Wildman–Crippen LogP) is 0.542. The largest absolute Gasteiger partial charge is 0.463 e. The van der Waals surface area contributed by atoms with Crippen molar-refractivity contribution in [1.82, 2.24) is 5.32 Å². The van der Waals surface area contributed by atoms with Crippen molar-refractivity contribution in [3.05, 3.63) is 35.9 Å². The van der Waals surface area contributed by atoms with Gasteiger partial charge in [-0.2, -0.15) is 0 Å². The Bertz CT molecular complexity index is 871. The van der Waals surface area contributed by atoms with Gasteiger partial charge in [-0.25, -0.2) is 0 Å². The van der Waals surface area contributed by atoms with E-state index in [0.717, 1.165) is 20.8 Å². The van der Waals surface area contributed by atoms with Crippen molar-refractivity contribution in [2.24, 2.45) is 0 Å². The van der Waals surface area contributed by atoms with Crippen LogP contribution in [-0.2, 0) is 42.9 Å².